The van der Waals surface area contributed by atoms with E-state index in [-0.39, 0.29) is 32.3 Å². The van der Waals surface area contributed by atoms with E-state index in [1.165, 1.54) is 35.1 Å². The van der Waals surface area contributed by atoms with Gasteiger partial charge in [0.25, 0.3) is 0 Å². The maximum atomic E-state index is 11.7. The lowest BCUT2D eigenvalue weighted by atomic mass is 9.93. The van der Waals surface area contributed by atoms with E-state index < -0.39 is 5.97 Å². The molecule has 3 rings (SSSR count). The Hall–Kier alpha value is -3.41. The zero-order valence-electron chi connectivity index (χ0n) is 24.2. The molecule has 0 unspecified atom stereocenters. The van der Waals surface area contributed by atoms with Gasteiger partial charge < -0.3 is 19.7 Å². The van der Waals surface area contributed by atoms with Crippen molar-refractivity contribution in [3.8, 4) is 28.0 Å². The standard InChI is InChI=1S/C35H44O5/c1-5-6-7-8-27-12-18-33(34(22-27)39-19-20-40-35(38)25(2)3)31-15-13-30(14-16-31)32-17-11-28(21-26(32)4)9-10-29(23-36)24-37/h11-18,21-22,29,36-37H,2,5-10,19-20,23-24H2,1,3-4H3. The van der Waals surface area contributed by atoms with Crippen LogP contribution in [-0.2, 0) is 22.4 Å². The Morgan fingerprint density at radius 1 is 0.850 bits per heavy atom. The third-order valence-corrected chi connectivity index (χ3v) is 7.19. The summed E-state index contributed by atoms with van der Waals surface area (Å²) in [7, 11) is 0. The predicted molar refractivity (Wildman–Crippen MR) is 163 cm³/mol. The lowest BCUT2D eigenvalue weighted by molar-refractivity contribution is -0.139. The minimum absolute atomic E-state index is 0.0106. The molecule has 3 aromatic carbocycles. The van der Waals surface area contributed by atoms with E-state index in [2.05, 4.69) is 81.1 Å². The molecule has 0 aromatic heterocycles. The van der Waals surface area contributed by atoms with Crippen molar-refractivity contribution in [2.45, 2.75) is 59.3 Å². The molecule has 0 fully saturated rings. The van der Waals surface area contributed by atoms with Crippen LogP contribution in [0.3, 0.4) is 0 Å². The molecule has 0 saturated carbocycles. The molecule has 0 saturated heterocycles. The fourth-order valence-electron chi connectivity index (χ4n) is 4.71. The van der Waals surface area contributed by atoms with E-state index in [4.69, 9.17) is 9.47 Å². The van der Waals surface area contributed by atoms with Crippen LogP contribution in [0.15, 0.2) is 72.8 Å². The number of hydrogen-bond acceptors (Lipinski definition) is 5. The van der Waals surface area contributed by atoms with Crippen LogP contribution in [0, 0.1) is 12.8 Å². The first kappa shape index (κ1) is 31.1. The highest BCUT2D eigenvalue weighted by molar-refractivity contribution is 5.86. The van der Waals surface area contributed by atoms with E-state index in [9.17, 15) is 15.0 Å². The van der Waals surface area contributed by atoms with Crippen LogP contribution in [0.5, 0.6) is 5.75 Å². The van der Waals surface area contributed by atoms with Crippen LogP contribution >= 0.6 is 0 Å². The maximum Gasteiger partial charge on any atom is 0.333 e. The van der Waals surface area contributed by atoms with Gasteiger partial charge in [-0.1, -0.05) is 80.9 Å². The Morgan fingerprint density at radius 2 is 1.48 bits per heavy atom. The number of aryl methyl sites for hydroxylation is 3. The molecule has 40 heavy (non-hydrogen) atoms. The Labute approximate surface area is 239 Å². The summed E-state index contributed by atoms with van der Waals surface area (Å²) < 4.78 is 11.4. The van der Waals surface area contributed by atoms with Gasteiger partial charge in [-0.15, -0.1) is 0 Å². The summed E-state index contributed by atoms with van der Waals surface area (Å²) >= 11 is 0. The number of esters is 1. The average Bonchev–Trinajstić information content (AvgIpc) is 2.96. The first-order valence-electron chi connectivity index (χ1n) is 14.4. The summed E-state index contributed by atoms with van der Waals surface area (Å²) in [5.41, 5.74) is 8.40. The summed E-state index contributed by atoms with van der Waals surface area (Å²) in [5, 5.41) is 18.7. The van der Waals surface area contributed by atoms with Gasteiger partial charge in [0.2, 0.25) is 0 Å². The maximum absolute atomic E-state index is 11.7. The molecule has 5 nitrogen and oxygen atoms in total. The molecule has 0 aliphatic rings. The summed E-state index contributed by atoms with van der Waals surface area (Å²) in [6.07, 6.45) is 6.11. The minimum Gasteiger partial charge on any atom is -0.489 e. The number of benzene rings is 3. The van der Waals surface area contributed by atoms with Gasteiger partial charge in [0, 0.05) is 30.3 Å². The molecule has 0 heterocycles. The summed E-state index contributed by atoms with van der Waals surface area (Å²) in [5.74, 6) is 0.312. The van der Waals surface area contributed by atoms with Gasteiger partial charge >= 0.3 is 5.97 Å². The number of aliphatic hydroxyl groups excluding tert-OH is 2. The van der Waals surface area contributed by atoms with Gasteiger partial charge in [-0.05, 0) is 79.0 Å². The smallest absolute Gasteiger partial charge is 0.333 e. The van der Waals surface area contributed by atoms with Crippen molar-refractivity contribution in [1.29, 1.82) is 0 Å². The number of unbranched alkanes of at least 4 members (excludes halogenated alkanes) is 2. The number of ether oxygens (including phenoxy) is 2. The molecule has 0 radical (unpaired) electrons. The molecule has 214 valence electrons. The monoisotopic (exact) mass is 544 g/mol. The number of carbonyl (C=O) groups excluding carboxylic acids is 1. The molecule has 0 aliphatic carbocycles. The van der Waals surface area contributed by atoms with Crippen LogP contribution in [0.4, 0.5) is 0 Å². The lowest BCUT2D eigenvalue weighted by Crippen LogP contribution is -2.12. The van der Waals surface area contributed by atoms with Gasteiger partial charge in [-0.25, -0.2) is 4.79 Å². The first-order chi connectivity index (χ1) is 19.4. The van der Waals surface area contributed by atoms with Gasteiger partial charge in [0.05, 0.1) is 0 Å². The second-order valence-electron chi connectivity index (χ2n) is 10.5. The SMILES string of the molecule is C=C(C)C(=O)OCCOc1cc(CCCCC)ccc1-c1ccc(-c2ccc(CCC(CO)CO)cc2C)cc1. The summed E-state index contributed by atoms with van der Waals surface area (Å²) in [4.78, 5) is 11.7. The number of rotatable bonds is 16. The third kappa shape index (κ3) is 9.07. The molecule has 0 bridgehead atoms. The third-order valence-electron chi connectivity index (χ3n) is 7.19. The molecule has 0 atom stereocenters. The van der Waals surface area contributed by atoms with E-state index >= 15 is 0 Å². The molecular weight excluding hydrogens is 500 g/mol. The molecular formula is C35H44O5. The van der Waals surface area contributed by atoms with Crippen LogP contribution in [0.1, 0.15) is 56.2 Å². The molecule has 0 aliphatic heterocycles. The second-order valence-corrected chi connectivity index (χ2v) is 10.5. The fourth-order valence-corrected chi connectivity index (χ4v) is 4.71. The molecule has 0 amide bonds. The fraction of sp³-hybridized carbons (Fsp3) is 0.400. The highest BCUT2D eigenvalue weighted by atomic mass is 16.6. The van der Waals surface area contributed by atoms with Gasteiger partial charge in [0.1, 0.15) is 19.0 Å². The van der Waals surface area contributed by atoms with E-state index in [0.717, 1.165) is 48.1 Å². The number of hydrogen-bond donors (Lipinski definition) is 2. The van der Waals surface area contributed by atoms with Gasteiger partial charge in [-0.3, -0.25) is 0 Å². The topological polar surface area (TPSA) is 76.0 Å². The molecule has 3 aromatic rings. The highest BCUT2D eigenvalue weighted by Crippen LogP contribution is 2.34. The zero-order valence-corrected chi connectivity index (χ0v) is 24.2. The van der Waals surface area contributed by atoms with Crippen LogP contribution < -0.4 is 4.74 Å². The van der Waals surface area contributed by atoms with Crippen molar-refractivity contribution >= 4 is 5.97 Å². The van der Waals surface area contributed by atoms with Crippen molar-refractivity contribution in [2.24, 2.45) is 5.92 Å². The lowest BCUT2D eigenvalue weighted by Gasteiger charge is -2.15. The Kier molecular flexibility index (Phi) is 12.4. The summed E-state index contributed by atoms with van der Waals surface area (Å²) in [6.45, 7) is 10.0. The molecule has 5 heteroatoms. The van der Waals surface area contributed by atoms with Crippen LogP contribution in [0.2, 0.25) is 0 Å². The first-order valence-corrected chi connectivity index (χ1v) is 14.4. The number of aliphatic hydroxyl groups is 2. The van der Waals surface area contributed by atoms with Crippen molar-refractivity contribution < 1.29 is 24.5 Å². The van der Waals surface area contributed by atoms with E-state index in [0.29, 0.717) is 5.57 Å². The second kappa shape index (κ2) is 16.0. The zero-order chi connectivity index (χ0) is 28.9. The van der Waals surface area contributed by atoms with E-state index in [1.807, 2.05) is 0 Å². The van der Waals surface area contributed by atoms with Crippen molar-refractivity contribution in [3.63, 3.8) is 0 Å². The molecule has 2 N–H and O–H groups in total. The van der Waals surface area contributed by atoms with Crippen molar-refractivity contribution in [1.82, 2.24) is 0 Å². The Balaban J connectivity index is 1.77. The predicted octanol–water partition coefficient (Wildman–Crippen LogP) is 7.09. The Bertz CT molecular complexity index is 1240. The van der Waals surface area contributed by atoms with Crippen molar-refractivity contribution in [2.75, 3.05) is 26.4 Å². The largest absolute Gasteiger partial charge is 0.489 e. The van der Waals surface area contributed by atoms with E-state index in [1.54, 1.807) is 6.92 Å². The Morgan fingerprint density at radius 3 is 2.08 bits per heavy atom. The van der Waals surface area contributed by atoms with Gasteiger partial charge in [-0.2, -0.15) is 0 Å². The van der Waals surface area contributed by atoms with Crippen LogP contribution in [-0.4, -0.2) is 42.6 Å². The summed E-state index contributed by atoms with van der Waals surface area (Å²) in [6, 6.07) is 21.4. The average molecular weight is 545 g/mol. The molecule has 0 spiro atoms. The number of carbonyl (C=O) groups is 1. The van der Waals surface area contributed by atoms with Crippen LogP contribution in [0.25, 0.3) is 22.3 Å². The highest BCUT2D eigenvalue weighted by Gasteiger charge is 2.12. The normalized spacial score (nSPS) is 11.1. The van der Waals surface area contributed by atoms with Gasteiger partial charge in [0.15, 0.2) is 0 Å². The van der Waals surface area contributed by atoms with Crippen molar-refractivity contribution in [3.05, 3.63) is 89.5 Å². The minimum atomic E-state index is -0.407. The quantitative estimate of drug-likeness (QED) is 0.114.